The zero-order chi connectivity index (χ0) is 22.1. The number of aromatic nitrogens is 4. The minimum absolute atomic E-state index is 0.0819. The lowest BCUT2D eigenvalue weighted by atomic mass is 10.1. The predicted molar refractivity (Wildman–Crippen MR) is 118 cm³/mol. The monoisotopic (exact) mass is 438 g/mol. The first kappa shape index (κ1) is 20.5. The van der Waals surface area contributed by atoms with Crippen molar-refractivity contribution in [3.8, 4) is 11.6 Å². The highest BCUT2D eigenvalue weighted by Crippen LogP contribution is 2.28. The van der Waals surface area contributed by atoms with Gasteiger partial charge in [0.25, 0.3) is 0 Å². The zero-order valence-corrected chi connectivity index (χ0v) is 18.0. The highest BCUT2D eigenvalue weighted by molar-refractivity contribution is 5.81. The number of likely N-dealkylation sites (tertiary alicyclic amines) is 1. The summed E-state index contributed by atoms with van der Waals surface area (Å²) in [6.45, 7) is 6.27. The van der Waals surface area contributed by atoms with Crippen LogP contribution in [0.25, 0.3) is 16.7 Å². The second-order valence-electron chi connectivity index (χ2n) is 8.13. The minimum atomic E-state index is -0.885. The van der Waals surface area contributed by atoms with E-state index in [4.69, 9.17) is 14.6 Å². The number of hydrogen-bond donors (Lipinski definition) is 1. The highest BCUT2D eigenvalue weighted by Gasteiger charge is 2.25. The molecule has 3 aromatic rings. The van der Waals surface area contributed by atoms with Crippen LogP contribution in [0.4, 0.5) is 10.5 Å². The first-order valence-electron chi connectivity index (χ1n) is 10.9. The van der Waals surface area contributed by atoms with Crippen LogP contribution in [0.5, 0.6) is 5.88 Å². The summed E-state index contributed by atoms with van der Waals surface area (Å²) in [6.07, 6.45) is 3.51. The van der Waals surface area contributed by atoms with Gasteiger partial charge in [-0.3, -0.25) is 0 Å². The second-order valence-corrected chi connectivity index (χ2v) is 8.13. The Hall–Kier alpha value is -3.40. The largest absolute Gasteiger partial charge is 0.474 e. The van der Waals surface area contributed by atoms with E-state index < -0.39 is 6.09 Å². The van der Waals surface area contributed by atoms with Crippen molar-refractivity contribution in [3.05, 3.63) is 36.3 Å². The van der Waals surface area contributed by atoms with E-state index in [0.29, 0.717) is 37.5 Å². The molecule has 2 aliphatic rings. The molecule has 10 nitrogen and oxygen atoms in total. The van der Waals surface area contributed by atoms with Gasteiger partial charge in [0.05, 0.1) is 25.1 Å². The third-order valence-corrected chi connectivity index (χ3v) is 6.10. The Kier molecular flexibility index (Phi) is 5.52. The van der Waals surface area contributed by atoms with Crippen molar-refractivity contribution >= 4 is 22.8 Å². The number of morpholine rings is 1. The second kappa shape index (κ2) is 8.62. The lowest BCUT2D eigenvalue weighted by Crippen LogP contribution is -2.41. The summed E-state index contributed by atoms with van der Waals surface area (Å²) in [6, 6.07) is 6.34. The molecule has 2 aromatic heterocycles. The summed E-state index contributed by atoms with van der Waals surface area (Å²) >= 11 is 0. The average molecular weight is 438 g/mol. The fourth-order valence-electron chi connectivity index (χ4n) is 4.31. The van der Waals surface area contributed by atoms with Gasteiger partial charge in [-0.25, -0.2) is 19.4 Å². The summed E-state index contributed by atoms with van der Waals surface area (Å²) in [4.78, 5) is 23.6. The fourth-order valence-corrected chi connectivity index (χ4v) is 4.31. The Bertz CT molecular complexity index is 1120. The van der Waals surface area contributed by atoms with Crippen molar-refractivity contribution in [1.29, 1.82) is 0 Å². The van der Waals surface area contributed by atoms with Gasteiger partial charge in [-0.15, -0.1) is 0 Å². The molecule has 32 heavy (non-hydrogen) atoms. The van der Waals surface area contributed by atoms with Gasteiger partial charge in [0, 0.05) is 44.7 Å². The van der Waals surface area contributed by atoms with Crippen LogP contribution >= 0.6 is 0 Å². The molecule has 1 amide bonds. The van der Waals surface area contributed by atoms with Gasteiger partial charge in [-0.1, -0.05) is 0 Å². The molecule has 2 fully saturated rings. The number of carboxylic acid groups (broad SMARTS) is 1. The van der Waals surface area contributed by atoms with E-state index >= 15 is 0 Å². The Morgan fingerprint density at radius 1 is 1.16 bits per heavy atom. The number of hydrogen-bond acceptors (Lipinski definition) is 7. The minimum Gasteiger partial charge on any atom is -0.474 e. The molecule has 1 aromatic carbocycles. The number of benzene rings is 1. The van der Waals surface area contributed by atoms with E-state index in [1.165, 1.54) is 16.9 Å². The molecule has 168 valence electrons. The first-order chi connectivity index (χ1) is 15.6. The SMILES string of the molecule is Cc1cc(N2CCOCC2)ccc1-n1ncc2c(OC3CCN(C(=O)O)CC3)ncnc21. The molecule has 10 heteroatoms. The molecular formula is C22H26N6O4. The van der Waals surface area contributed by atoms with Crippen molar-refractivity contribution in [2.45, 2.75) is 25.9 Å². The summed E-state index contributed by atoms with van der Waals surface area (Å²) < 4.78 is 13.4. The molecule has 0 radical (unpaired) electrons. The normalized spacial score (nSPS) is 17.7. The van der Waals surface area contributed by atoms with Crippen molar-refractivity contribution < 1.29 is 19.4 Å². The van der Waals surface area contributed by atoms with Crippen LogP contribution in [-0.4, -0.2) is 81.3 Å². The highest BCUT2D eigenvalue weighted by atomic mass is 16.5. The standard InChI is InChI=1S/C22H26N6O4/c1-15-12-16(26-8-10-31-11-9-26)2-3-19(15)28-20-18(13-25-28)21(24-14-23-20)32-17-4-6-27(7-5-17)22(29)30/h2-3,12-14,17H,4-11H2,1H3,(H,29,30). The van der Waals surface area contributed by atoms with Crippen molar-refractivity contribution in [3.63, 3.8) is 0 Å². The molecule has 0 spiro atoms. The fraction of sp³-hybridized carbons (Fsp3) is 0.455. The number of ether oxygens (including phenoxy) is 2. The van der Waals surface area contributed by atoms with Crippen LogP contribution in [0, 0.1) is 6.92 Å². The maximum absolute atomic E-state index is 11.1. The number of rotatable bonds is 4. The van der Waals surface area contributed by atoms with Crippen LogP contribution < -0.4 is 9.64 Å². The van der Waals surface area contributed by atoms with E-state index in [9.17, 15) is 4.79 Å². The number of carbonyl (C=O) groups is 1. The van der Waals surface area contributed by atoms with Crippen molar-refractivity contribution in [2.75, 3.05) is 44.3 Å². The molecule has 2 saturated heterocycles. The van der Waals surface area contributed by atoms with Crippen molar-refractivity contribution in [2.24, 2.45) is 0 Å². The predicted octanol–water partition coefficient (Wildman–Crippen LogP) is 2.48. The van der Waals surface area contributed by atoms with E-state index in [2.05, 4.69) is 45.1 Å². The number of nitrogens with zero attached hydrogens (tertiary/aromatic N) is 6. The number of piperidine rings is 1. The lowest BCUT2D eigenvalue weighted by molar-refractivity contribution is 0.0879. The number of anilines is 1. The van der Waals surface area contributed by atoms with Crippen LogP contribution in [0.2, 0.25) is 0 Å². The smallest absolute Gasteiger partial charge is 0.407 e. The number of amides is 1. The van der Waals surface area contributed by atoms with Gasteiger partial charge in [-0.05, 0) is 30.7 Å². The van der Waals surface area contributed by atoms with E-state index in [1.807, 2.05) is 4.68 Å². The molecular weight excluding hydrogens is 412 g/mol. The van der Waals surface area contributed by atoms with Gasteiger partial charge in [0.15, 0.2) is 5.65 Å². The number of fused-ring (bicyclic) bond motifs is 1. The third-order valence-electron chi connectivity index (χ3n) is 6.10. The molecule has 1 N–H and O–H groups in total. The van der Waals surface area contributed by atoms with Crippen LogP contribution in [0.1, 0.15) is 18.4 Å². The van der Waals surface area contributed by atoms with Crippen LogP contribution in [0.15, 0.2) is 30.7 Å². The molecule has 4 heterocycles. The molecule has 0 saturated carbocycles. The lowest BCUT2D eigenvalue weighted by Gasteiger charge is -2.29. The maximum atomic E-state index is 11.1. The molecule has 0 atom stereocenters. The Balaban J connectivity index is 1.38. The van der Waals surface area contributed by atoms with E-state index in [0.717, 1.165) is 42.9 Å². The summed E-state index contributed by atoms with van der Waals surface area (Å²) in [5, 5.41) is 14.4. The quantitative estimate of drug-likeness (QED) is 0.662. The summed E-state index contributed by atoms with van der Waals surface area (Å²) in [5.41, 5.74) is 3.91. The number of aryl methyl sites for hydroxylation is 1. The van der Waals surface area contributed by atoms with E-state index in [-0.39, 0.29) is 6.10 Å². The molecule has 2 aliphatic heterocycles. The average Bonchev–Trinajstić information content (AvgIpc) is 3.25. The molecule has 0 bridgehead atoms. The first-order valence-corrected chi connectivity index (χ1v) is 10.9. The van der Waals surface area contributed by atoms with Gasteiger partial charge >= 0.3 is 6.09 Å². The Morgan fingerprint density at radius 2 is 1.94 bits per heavy atom. The third kappa shape index (κ3) is 3.93. The van der Waals surface area contributed by atoms with E-state index in [1.54, 1.807) is 6.20 Å². The molecule has 0 unspecified atom stereocenters. The zero-order valence-electron chi connectivity index (χ0n) is 18.0. The summed E-state index contributed by atoms with van der Waals surface area (Å²) in [5.74, 6) is 0.484. The van der Waals surface area contributed by atoms with Gasteiger partial charge < -0.3 is 24.4 Å². The van der Waals surface area contributed by atoms with Gasteiger partial charge in [-0.2, -0.15) is 5.10 Å². The van der Waals surface area contributed by atoms with Crippen LogP contribution in [0.3, 0.4) is 0 Å². The molecule has 5 rings (SSSR count). The van der Waals surface area contributed by atoms with Crippen LogP contribution in [-0.2, 0) is 4.74 Å². The Labute approximate surface area is 185 Å². The van der Waals surface area contributed by atoms with Gasteiger partial charge in [0.1, 0.15) is 17.8 Å². The maximum Gasteiger partial charge on any atom is 0.407 e. The van der Waals surface area contributed by atoms with Crippen molar-refractivity contribution in [1.82, 2.24) is 24.6 Å². The topological polar surface area (TPSA) is 106 Å². The Morgan fingerprint density at radius 3 is 2.66 bits per heavy atom. The van der Waals surface area contributed by atoms with Gasteiger partial charge in [0.2, 0.25) is 5.88 Å². The molecule has 0 aliphatic carbocycles. The summed E-state index contributed by atoms with van der Waals surface area (Å²) in [7, 11) is 0.